The molecule has 1 aromatic heterocycles. The lowest BCUT2D eigenvalue weighted by atomic mass is 9.82. The van der Waals surface area contributed by atoms with Gasteiger partial charge in [-0.05, 0) is 57.0 Å². The molecule has 2 fully saturated rings. The van der Waals surface area contributed by atoms with Crippen molar-refractivity contribution in [3.63, 3.8) is 0 Å². The van der Waals surface area contributed by atoms with Crippen molar-refractivity contribution in [1.82, 2.24) is 15.2 Å². The van der Waals surface area contributed by atoms with Crippen LogP contribution in [0.4, 0.5) is 0 Å². The van der Waals surface area contributed by atoms with Gasteiger partial charge in [0.25, 0.3) is 0 Å². The highest BCUT2D eigenvalue weighted by Crippen LogP contribution is 2.30. The van der Waals surface area contributed by atoms with Crippen LogP contribution in [0.5, 0.6) is 0 Å². The van der Waals surface area contributed by atoms with Crippen LogP contribution in [-0.2, 0) is 6.54 Å². The van der Waals surface area contributed by atoms with Crippen LogP contribution in [0.2, 0.25) is 0 Å². The van der Waals surface area contributed by atoms with Crippen LogP contribution < -0.4 is 5.32 Å². The molecule has 0 amide bonds. The average Bonchev–Trinajstić information content (AvgIpc) is 3.12. The van der Waals surface area contributed by atoms with Gasteiger partial charge in [0, 0.05) is 24.5 Å². The van der Waals surface area contributed by atoms with Gasteiger partial charge in [0.1, 0.15) is 0 Å². The van der Waals surface area contributed by atoms with E-state index in [0.717, 1.165) is 24.3 Å². The Bertz CT molecular complexity index is 459. The van der Waals surface area contributed by atoms with Gasteiger partial charge in [0.2, 0.25) is 0 Å². The Kier molecular flexibility index (Phi) is 7.80. The van der Waals surface area contributed by atoms with Crippen molar-refractivity contribution in [3.8, 4) is 0 Å². The predicted molar refractivity (Wildman–Crippen MR) is 101 cm³/mol. The second-order valence-electron chi connectivity index (χ2n) is 7.55. The summed E-state index contributed by atoms with van der Waals surface area (Å²) < 4.78 is 0. The topological polar surface area (TPSA) is 28.2 Å². The zero-order valence-electron chi connectivity index (χ0n) is 14.6. The molecule has 1 aliphatic carbocycles. The number of hydrogen-bond donors (Lipinski definition) is 1. The lowest BCUT2D eigenvalue weighted by Gasteiger charge is -2.33. The van der Waals surface area contributed by atoms with Crippen LogP contribution in [0, 0.1) is 24.7 Å². The summed E-state index contributed by atoms with van der Waals surface area (Å²) in [5, 5.41) is 3.52. The molecule has 3 unspecified atom stereocenters. The number of hydrogen-bond acceptors (Lipinski definition) is 4. The molecule has 2 heterocycles. The Labute approximate surface area is 151 Å². The number of nitrogens with one attached hydrogen (secondary N) is 1. The predicted octanol–water partition coefficient (Wildman–Crippen LogP) is 4.11. The molecule has 0 spiro atoms. The zero-order chi connectivity index (χ0) is 15.4. The number of aromatic nitrogens is 1. The van der Waals surface area contributed by atoms with E-state index >= 15 is 0 Å². The Morgan fingerprint density at radius 2 is 2.09 bits per heavy atom. The Hall–Kier alpha value is -0.160. The minimum Gasteiger partial charge on any atom is -0.316 e. The molecule has 1 saturated heterocycles. The van der Waals surface area contributed by atoms with Crippen LogP contribution in [0.1, 0.15) is 49.6 Å². The second kappa shape index (κ2) is 9.36. The van der Waals surface area contributed by atoms with E-state index < -0.39 is 0 Å². The standard InChI is InChI=1S/C18H31N3S.ClH/c1-14-4-3-5-16(8-14)10-21(11-17-6-7-19-9-17)12-18-15(2)20-13-22-18;/h13-14,16-17,19H,3-12H2,1-2H3;1H. The van der Waals surface area contributed by atoms with Gasteiger partial charge in [0.05, 0.1) is 11.2 Å². The molecule has 1 saturated carbocycles. The summed E-state index contributed by atoms with van der Waals surface area (Å²) >= 11 is 1.83. The fourth-order valence-corrected chi connectivity index (χ4v) is 5.03. The summed E-state index contributed by atoms with van der Waals surface area (Å²) in [5.74, 6) is 2.68. The van der Waals surface area contributed by atoms with Gasteiger partial charge in [-0.25, -0.2) is 4.98 Å². The highest BCUT2D eigenvalue weighted by molar-refractivity contribution is 7.09. The van der Waals surface area contributed by atoms with Gasteiger partial charge >= 0.3 is 0 Å². The third kappa shape index (κ3) is 5.70. The molecule has 2 aliphatic rings. The number of halogens is 1. The first-order chi connectivity index (χ1) is 10.7. The first-order valence-electron chi connectivity index (χ1n) is 9.02. The molecule has 3 nitrogen and oxygen atoms in total. The molecule has 1 N–H and O–H groups in total. The molecular weight excluding hydrogens is 326 g/mol. The summed E-state index contributed by atoms with van der Waals surface area (Å²) in [7, 11) is 0. The van der Waals surface area contributed by atoms with Crippen molar-refractivity contribution in [2.75, 3.05) is 26.2 Å². The van der Waals surface area contributed by atoms with Crippen molar-refractivity contribution in [3.05, 3.63) is 16.1 Å². The largest absolute Gasteiger partial charge is 0.316 e. The first-order valence-corrected chi connectivity index (χ1v) is 9.90. The summed E-state index contributed by atoms with van der Waals surface area (Å²) in [6.07, 6.45) is 7.09. The molecule has 0 bridgehead atoms. The molecule has 0 radical (unpaired) electrons. The van der Waals surface area contributed by atoms with Crippen molar-refractivity contribution < 1.29 is 0 Å². The average molecular weight is 358 g/mol. The van der Waals surface area contributed by atoms with E-state index in [9.17, 15) is 0 Å². The molecule has 23 heavy (non-hydrogen) atoms. The first kappa shape index (κ1) is 19.2. The van der Waals surface area contributed by atoms with Crippen LogP contribution in [0.3, 0.4) is 0 Å². The van der Waals surface area contributed by atoms with E-state index in [1.807, 2.05) is 16.8 Å². The summed E-state index contributed by atoms with van der Waals surface area (Å²) in [6, 6.07) is 0. The number of nitrogens with zero attached hydrogens (tertiary/aromatic N) is 2. The van der Waals surface area contributed by atoms with Gasteiger partial charge in [-0.2, -0.15) is 0 Å². The Morgan fingerprint density at radius 3 is 2.74 bits per heavy atom. The van der Waals surface area contributed by atoms with Crippen LogP contribution in [-0.4, -0.2) is 36.1 Å². The van der Waals surface area contributed by atoms with Gasteiger partial charge in [-0.15, -0.1) is 23.7 Å². The zero-order valence-corrected chi connectivity index (χ0v) is 16.2. The van der Waals surface area contributed by atoms with Crippen molar-refractivity contribution in [1.29, 1.82) is 0 Å². The summed E-state index contributed by atoms with van der Waals surface area (Å²) in [6.45, 7) is 10.7. The minimum absolute atomic E-state index is 0. The highest BCUT2D eigenvalue weighted by atomic mass is 35.5. The van der Waals surface area contributed by atoms with Crippen molar-refractivity contribution in [2.24, 2.45) is 17.8 Å². The van der Waals surface area contributed by atoms with Crippen LogP contribution in [0.15, 0.2) is 5.51 Å². The fraction of sp³-hybridized carbons (Fsp3) is 0.833. The second-order valence-corrected chi connectivity index (χ2v) is 8.49. The van der Waals surface area contributed by atoms with Gasteiger partial charge < -0.3 is 5.32 Å². The summed E-state index contributed by atoms with van der Waals surface area (Å²) in [5.41, 5.74) is 3.24. The van der Waals surface area contributed by atoms with E-state index in [1.54, 1.807) is 0 Å². The maximum atomic E-state index is 4.44. The number of rotatable bonds is 6. The van der Waals surface area contributed by atoms with Crippen molar-refractivity contribution >= 4 is 23.7 Å². The molecule has 132 valence electrons. The molecule has 3 rings (SSSR count). The normalized spacial score (nSPS) is 28.0. The Morgan fingerprint density at radius 1 is 1.26 bits per heavy atom. The lowest BCUT2D eigenvalue weighted by molar-refractivity contribution is 0.158. The summed E-state index contributed by atoms with van der Waals surface area (Å²) in [4.78, 5) is 8.64. The van der Waals surface area contributed by atoms with E-state index in [1.165, 1.54) is 68.9 Å². The molecule has 3 atom stereocenters. The smallest absolute Gasteiger partial charge is 0.0798 e. The van der Waals surface area contributed by atoms with Gasteiger partial charge in [0.15, 0.2) is 0 Å². The van der Waals surface area contributed by atoms with E-state index in [2.05, 4.69) is 29.0 Å². The molecule has 0 aromatic carbocycles. The van der Waals surface area contributed by atoms with E-state index in [4.69, 9.17) is 0 Å². The number of thiazole rings is 1. The third-order valence-electron chi connectivity index (χ3n) is 5.45. The monoisotopic (exact) mass is 357 g/mol. The van der Waals surface area contributed by atoms with E-state index in [0.29, 0.717) is 0 Å². The maximum absolute atomic E-state index is 4.44. The highest BCUT2D eigenvalue weighted by Gasteiger charge is 2.24. The quantitative estimate of drug-likeness (QED) is 0.830. The SMILES string of the molecule is Cc1ncsc1CN(CC1CCNC1)CC1CCCC(C)C1.Cl. The lowest BCUT2D eigenvalue weighted by Crippen LogP contribution is -2.35. The van der Waals surface area contributed by atoms with Crippen molar-refractivity contribution in [2.45, 2.75) is 52.5 Å². The van der Waals surface area contributed by atoms with Crippen LogP contribution >= 0.6 is 23.7 Å². The molecule has 1 aliphatic heterocycles. The fourth-order valence-electron chi connectivity index (χ4n) is 4.21. The third-order valence-corrected chi connectivity index (χ3v) is 6.37. The van der Waals surface area contributed by atoms with E-state index in [-0.39, 0.29) is 12.4 Å². The Balaban J connectivity index is 0.00000192. The minimum atomic E-state index is 0. The van der Waals surface area contributed by atoms with Gasteiger partial charge in [-0.1, -0.05) is 19.8 Å². The van der Waals surface area contributed by atoms with Gasteiger partial charge in [-0.3, -0.25) is 4.90 Å². The number of aryl methyl sites for hydroxylation is 1. The molecule has 1 aromatic rings. The molecule has 5 heteroatoms. The maximum Gasteiger partial charge on any atom is 0.0798 e. The van der Waals surface area contributed by atoms with Crippen LogP contribution in [0.25, 0.3) is 0 Å². The molecular formula is C18H32ClN3S.